The van der Waals surface area contributed by atoms with Crippen LogP contribution in [0.15, 0.2) is 12.3 Å². The Labute approximate surface area is 93.4 Å². The summed E-state index contributed by atoms with van der Waals surface area (Å²) in [5.41, 5.74) is 1.02. The van der Waals surface area contributed by atoms with Gasteiger partial charge in [0.25, 0.3) is 0 Å². The molecule has 0 aliphatic carbocycles. The van der Waals surface area contributed by atoms with E-state index in [-0.39, 0.29) is 0 Å². The summed E-state index contributed by atoms with van der Waals surface area (Å²) in [6.45, 7) is 0. The van der Waals surface area contributed by atoms with Gasteiger partial charge in [0, 0.05) is 11.7 Å². The summed E-state index contributed by atoms with van der Waals surface area (Å²) in [7, 11) is 0. The lowest BCUT2D eigenvalue weighted by atomic mass is 10.1. The molecule has 1 unspecified atom stereocenters. The van der Waals surface area contributed by atoms with Gasteiger partial charge in [-0.2, -0.15) is 22.0 Å². The summed E-state index contributed by atoms with van der Waals surface area (Å²) in [4.78, 5) is 0. The Morgan fingerprint density at radius 3 is 3.14 bits per heavy atom. The standard InChI is InChI=1S/C10H13ClN2S/c11-8-5-9(13-12-7-8)6-10-3-1-2-4-14-10/h5,7,10H,1-4,6H2. The second-order valence-electron chi connectivity index (χ2n) is 3.56. The zero-order chi connectivity index (χ0) is 9.80. The maximum atomic E-state index is 5.85. The lowest BCUT2D eigenvalue weighted by Crippen LogP contribution is -2.13. The van der Waals surface area contributed by atoms with Crippen LogP contribution in [0.3, 0.4) is 0 Å². The van der Waals surface area contributed by atoms with Crippen molar-refractivity contribution < 1.29 is 0 Å². The molecule has 2 heterocycles. The average Bonchev–Trinajstić information content (AvgIpc) is 2.19. The molecule has 1 atom stereocenters. The molecule has 1 saturated heterocycles. The summed E-state index contributed by atoms with van der Waals surface area (Å²) in [5, 5.41) is 9.35. The van der Waals surface area contributed by atoms with E-state index in [9.17, 15) is 0 Å². The smallest absolute Gasteiger partial charge is 0.0682 e. The van der Waals surface area contributed by atoms with Crippen LogP contribution in [0.5, 0.6) is 0 Å². The van der Waals surface area contributed by atoms with Crippen LogP contribution >= 0.6 is 23.4 Å². The molecule has 0 N–H and O–H groups in total. The Morgan fingerprint density at radius 1 is 1.50 bits per heavy atom. The number of hydrogen-bond acceptors (Lipinski definition) is 3. The molecule has 1 aromatic rings. The molecule has 0 aromatic carbocycles. The molecule has 1 aromatic heterocycles. The van der Waals surface area contributed by atoms with Gasteiger partial charge in [-0.25, -0.2) is 0 Å². The topological polar surface area (TPSA) is 25.8 Å². The Morgan fingerprint density at radius 2 is 2.43 bits per heavy atom. The van der Waals surface area contributed by atoms with Crippen molar-refractivity contribution in [1.82, 2.24) is 10.2 Å². The van der Waals surface area contributed by atoms with Crippen molar-refractivity contribution in [2.45, 2.75) is 30.9 Å². The number of rotatable bonds is 2. The Balaban J connectivity index is 1.95. The van der Waals surface area contributed by atoms with Gasteiger partial charge in [-0.15, -0.1) is 0 Å². The maximum Gasteiger partial charge on any atom is 0.0682 e. The quantitative estimate of drug-likeness (QED) is 0.779. The van der Waals surface area contributed by atoms with Crippen LogP contribution in [0.25, 0.3) is 0 Å². The fourth-order valence-corrected chi connectivity index (χ4v) is 3.18. The molecular formula is C10H13ClN2S. The van der Waals surface area contributed by atoms with Crippen molar-refractivity contribution in [2.75, 3.05) is 5.75 Å². The van der Waals surface area contributed by atoms with Crippen molar-refractivity contribution in [3.05, 3.63) is 23.0 Å². The minimum absolute atomic E-state index is 0.691. The van der Waals surface area contributed by atoms with Crippen molar-refractivity contribution in [3.8, 4) is 0 Å². The molecule has 1 aliphatic rings. The second kappa shape index (κ2) is 4.99. The predicted molar refractivity (Wildman–Crippen MR) is 60.8 cm³/mol. The predicted octanol–water partition coefficient (Wildman–Crippen LogP) is 2.96. The number of nitrogens with zero attached hydrogens (tertiary/aromatic N) is 2. The van der Waals surface area contributed by atoms with E-state index in [0.717, 1.165) is 17.4 Å². The molecule has 0 saturated carbocycles. The Kier molecular flexibility index (Phi) is 3.65. The number of aromatic nitrogens is 2. The van der Waals surface area contributed by atoms with Gasteiger partial charge in [0.05, 0.1) is 16.9 Å². The third-order valence-electron chi connectivity index (χ3n) is 2.38. The largest absolute Gasteiger partial charge is 0.158 e. The van der Waals surface area contributed by atoms with E-state index in [0.29, 0.717) is 5.02 Å². The summed E-state index contributed by atoms with van der Waals surface area (Å²) in [5.74, 6) is 1.29. The van der Waals surface area contributed by atoms with Gasteiger partial charge in [0.2, 0.25) is 0 Å². The van der Waals surface area contributed by atoms with E-state index in [1.165, 1.54) is 25.0 Å². The maximum absolute atomic E-state index is 5.85. The molecule has 76 valence electrons. The van der Waals surface area contributed by atoms with Gasteiger partial charge in [0.1, 0.15) is 0 Å². The lowest BCUT2D eigenvalue weighted by Gasteiger charge is -2.20. The minimum atomic E-state index is 0.691. The number of halogens is 1. The highest BCUT2D eigenvalue weighted by atomic mass is 35.5. The molecule has 0 spiro atoms. The molecule has 1 fully saturated rings. The van der Waals surface area contributed by atoms with Gasteiger partial charge in [-0.1, -0.05) is 18.0 Å². The van der Waals surface area contributed by atoms with Gasteiger partial charge in [0.15, 0.2) is 0 Å². The zero-order valence-electron chi connectivity index (χ0n) is 7.95. The molecular weight excluding hydrogens is 216 g/mol. The van der Waals surface area contributed by atoms with Gasteiger partial charge >= 0.3 is 0 Å². The van der Waals surface area contributed by atoms with Gasteiger partial charge in [-0.3, -0.25) is 0 Å². The molecule has 2 rings (SSSR count). The van der Waals surface area contributed by atoms with Crippen LogP contribution in [0.1, 0.15) is 25.0 Å². The highest BCUT2D eigenvalue weighted by molar-refractivity contribution is 7.99. The fraction of sp³-hybridized carbons (Fsp3) is 0.600. The molecule has 0 amide bonds. The van der Waals surface area contributed by atoms with Crippen molar-refractivity contribution >= 4 is 23.4 Å². The molecule has 2 nitrogen and oxygen atoms in total. The highest BCUT2D eigenvalue weighted by Gasteiger charge is 2.15. The number of thioether (sulfide) groups is 1. The summed E-state index contributed by atoms with van der Waals surface area (Å²) in [6, 6.07) is 1.92. The van der Waals surface area contributed by atoms with Crippen molar-refractivity contribution in [1.29, 1.82) is 0 Å². The van der Waals surface area contributed by atoms with Crippen LogP contribution in [0.4, 0.5) is 0 Å². The highest BCUT2D eigenvalue weighted by Crippen LogP contribution is 2.27. The second-order valence-corrected chi connectivity index (χ2v) is 5.40. The number of hydrogen-bond donors (Lipinski definition) is 0. The Hall–Kier alpha value is -0.280. The molecule has 1 aliphatic heterocycles. The molecule has 0 bridgehead atoms. The summed E-state index contributed by atoms with van der Waals surface area (Å²) in [6.07, 6.45) is 6.62. The monoisotopic (exact) mass is 228 g/mol. The average molecular weight is 229 g/mol. The van der Waals surface area contributed by atoms with E-state index in [2.05, 4.69) is 22.0 Å². The first kappa shape index (κ1) is 10.2. The van der Waals surface area contributed by atoms with Crippen LogP contribution in [0, 0.1) is 0 Å². The summed E-state index contributed by atoms with van der Waals surface area (Å²) >= 11 is 7.91. The fourth-order valence-electron chi connectivity index (χ4n) is 1.68. The van der Waals surface area contributed by atoms with Gasteiger partial charge < -0.3 is 0 Å². The third-order valence-corrected chi connectivity index (χ3v) is 3.99. The van der Waals surface area contributed by atoms with Crippen molar-refractivity contribution in [2.24, 2.45) is 0 Å². The van der Waals surface area contributed by atoms with E-state index < -0.39 is 0 Å². The lowest BCUT2D eigenvalue weighted by molar-refractivity contribution is 0.651. The van der Waals surface area contributed by atoms with Gasteiger partial charge in [-0.05, 0) is 24.7 Å². The molecule has 4 heteroatoms. The normalized spacial score (nSPS) is 22.2. The first-order chi connectivity index (χ1) is 6.84. The van der Waals surface area contributed by atoms with E-state index in [1.54, 1.807) is 6.20 Å². The summed E-state index contributed by atoms with van der Waals surface area (Å²) < 4.78 is 0. The van der Waals surface area contributed by atoms with Crippen molar-refractivity contribution in [3.63, 3.8) is 0 Å². The first-order valence-electron chi connectivity index (χ1n) is 4.93. The van der Waals surface area contributed by atoms with Crippen LogP contribution < -0.4 is 0 Å². The molecule has 14 heavy (non-hydrogen) atoms. The Bertz CT molecular complexity index is 300. The zero-order valence-corrected chi connectivity index (χ0v) is 9.52. The van der Waals surface area contributed by atoms with Crippen LogP contribution in [-0.2, 0) is 6.42 Å². The molecule has 0 radical (unpaired) electrons. The van der Waals surface area contributed by atoms with Crippen LogP contribution in [-0.4, -0.2) is 21.2 Å². The minimum Gasteiger partial charge on any atom is -0.158 e. The van der Waals surface area contributed by atoms with Crippen LogP contribution in [0.2, 0.25) is 5.02 Å². The van der Waals surface area contributed by atoms with E-state index in [4.69, 9.17) is 11.6 Å². The van der Waals surface area contributed by atoms with E-state index in [1.807, 2.05) is 6.07 Å². The first-order valence-corrected chi connectivity index (χ1v) is 6.36. The third kappa shape index (κ3) is 2.85. The SMILES string of the molecule is Clc1cnnc(CC2CCCCS2)c1. The van der Waals surface area contributed by atoms with E-state index >= 15 is 0 Å².